The number of Topliss-reactive ketones (excluding diaryl/α,β-unsaturated/α-hetero) is 1. The standard InChI is InChI=1S/C23H30N2O4.ClH/c1-4-25(5-2)16-17-29-23(27)19-6-10-20(11-7-19)24-15-14-22(26)18-8-12-21(28-3)13-9-18;/h6-13,24H,4-5,14-17H2,1-3H3;1H. The number of ketones is 1. The van der Waals surface area contributed by atoms with Crippen LogP contribution in [0.25, 0.3) is 0 Å². The highest BCUT2D eigenvalue weighted by Crippen LogP contribution is 2.14. The summed E-state index contributed by atoms with van der Waals surface area (Å²) in [5, 5.41) is 3.20. The van der Waals surface area contributed by atoms with Crippen molar-refractivity contribution < 1.29 is 19.1 Å². The molecule has 1 N–H and O–H groups in total. The van der Waals surface area contributed by atoms with Crippen molar-refractivity contribution in [2.45, 2.75) is 20.3 Å². The summed E-state index contributed by atoms with van der Waals surface area (Å²) in [5.41, 5.74) is 2.03. The van der Waals surface area contributed by atoms with E-state index in [-0.39, 0.29) is 24.2 Å². The smallest absolute Gasteiger partial charge is 0.338 e. The lowest BCUT2D eigenvalue weighted by Gasteiger charge is -2.17. The highest BCUT2D eigenvalue weighted by atomic mass is 35.5. The Morgan fingerprint density at radius 3 is 2.10 bits per heavy atom. The Morgan fingerprint density at radius 2 is 1.53 bits per heavy atom. The molecule has 0 aromatic heterocycles. The van der Waals surface area contributed by atoms with Crippen LogP contribution in [0, 0.1) is 0 Å². The number of methoxy groups -OCH3 is 1. The Labute approximate surface area is 185 Å². The van der Waals surface area contributed by atoms with Crippen LogP contribution in [0.5, 0.6) is 5.75 Å². The number of rotatable bonds is 12. The number of carbonyl (C=O) groups is 2. The first-order valence-electron chi connectivity index (χ1n) is 9.98. The topological polar surface area (TPSA) is 67.9 Å². The fraction of sp³-hybridized carbons (Fsp3) is 0.391. The van der Waals surface area contributed by atoms with Crippen molar-refractivity contribution in [2.75, 3.05) is 45.2 Å². The van der Waals surface area contributed by atoms with Crippen LogP contribution in [0.2, 0.25) is 0 Å². The molecule has 0 spiro atoms. The van der Waals surface area contributed by atoms with Gasteiger partial charge in [-0.15, -0.1) is 12.4 Å². The number of likely N-dealkylation sites (N-methyl/N-ethyl adjacent to an activating group) is 1. The molecule has 0 heterocycles. The SMILES string of the molecule is CCN(CC)CCOC(=O)c1ccc(NCCC(=O)c2ccc(OC)cc2)cc1.Cl. The molecule has 0 aliphatic carbocycles. The number of halogens is 1. The second kappa shape index (κ2) is 13.6. The van der Waals surface area contributed by atoms with Gasteiger partial charge in [0.2, 0.25) is 0 Å². The van der Waals surface area contributed by atoms with Gasteiger partial charge < -0.3 is 19.7 Å². The van der Waals surface area contributed by atoms with Crippen LogP contribution in [0.1, 0.15) is 41.0 Å². The van der Waals surface area contributed by atoms with Crippen LogP contribution in [0.15, 0.2) is 48.5 Å². The van der Waals surface area contributed by atoms with E-state index in [4.69, 9.17) is 9.47 Å². The van der Waals surface area contributed by atoms with Crippen LogP contribution in [-0.4, -0.2) is 56.5 Å². The van der Waals surface area contributed by atoms with Crippen molar-refractivity contribution in [3.63, 3.8) is 0 Å². The van der Waals surface area contributed by atoms with Gasteiger partial charge in [-0.3, -0.25) is 4.79 Å². The van der Waals surface area contributed by atoms with Crippen LogP contribution in [-0.2, 0) is 4.74 Å². The van der Waals surface area contributed by atoms with Gasteiger partial charge in [-0.1, -0.05) is 13.8 Å². The number of ether oxygens (including phenoxy) is 2. The maximum Gasteiger partial charge on any atom is 0.338 e. The molecule has 0 unspecified atom stereocenters. The maximum absolute atomic E-state index is 12.2. The molecule has 0 amide bonds. The molecule has 0 fully saturated rings. The molecule has 0 aliphatic heterocycles. The Kier molecular flexibility index (Phi) is 11.6. The lowest BCUT2D eigenvalue weighted by Crippen LogP contribution is -2.27. The zero-order valence-corrected chi connectivity index (χ0v) is 18.7. The second-order valence-electron chi connectivity index (χ2n) is 6.57. The molecular weight excluding hydrogens is 404 g/mol. The minimum Gasteiger partial charge on any atom is -0.497 e. The largest absolute Gasteiger partial charge is 0.497 e. The van der Waals surface area contributed by atoms with Gasteiger partial charge in [-0.25, -0.2) is 4.79 Å². The lowest BCUT2D eigenvalue weighted by atomic mass is 10.1. The first-order valence-corrected chi connectivity index (χ1v) is 9.98. The van der Waals surface area contributed by atoms with E-state index < -0.39 is 0 Å². The third kappa shape index (κ3) is 8.05. The highest BCUT2D eigenvalue weighted by Gasteiger charge is 2.09. The molecule has 0 atom stereocenters. The Hall–Kier alpha value is -2.57. The summed E-state index contributed by atoms with van der Waals surface area (Å²) in [6.07, 6.45) is 0.376. The molecule has 2 aromatic rings. The third-order valence-electron chi connectivity index (χ3n) is 4.75. The van der Waals surface area contributed by atoms with E-state index in [0.717, 1.165) is 31.1 Å². The average Bonchev–Trinajstić information content (AvgIpc) is 2.77. The van der Waals surface area contributed by atoms with Crippen molar-refractivity contribution in [1.29, 1.82) is 0 Å². The molecule has 0 aliphatic rings. The molecule has 2 rings (SSSR count). The van der Waals surface area contributed by atoms with Gasteiger partial charge in [0, 0.05) is 30.8 Å². The van der Waals surface area contributed by atoms with Gasteiger partial charge in [0.25, 0.3) is 0 Å². The fourth-order valence-corrected chi connectivity index (χ4v) is 2.86. The zero-order valence-electron chi connectivity index (χ0n) is 17.8. The molecule has 30 heavy (non-hydrogen) atoms. The van der Waals surface area contributed by atoms with Crippen LogP contribution in [0.4, 0.5) is 5.69 Å². The van der Waals surface area contributed by atoms with E-state index in [9.17, 15) is 9.59 Å². The van der Waals surface area contributed by atoms with Crippen LogP contribution >= 0.6 is 12.4 Å². The minimum absolute atomic E-state index is 0. The van der Waals surface area contributed by atoms with E-state index in [0.29, 0.717) is 30.7 Å². The summed E-state index contributed by atoms with van der Waals surface area (Å²) < 4.78 is 10.4. The predicted octanol–water partition coefficient (Wildman–Crippen LogP) is 4.30. The average molecular weight is 435 g/mol. The van der Waals surface area contributed by atoms with Crippen molar-refractivity contribution in [3.05, 3.63) is 59.7 Å². The number of benzene rings is 2. The van der Waals surface area contributed by atoms with E-state index in [1.165, 1.54) is 0 Å². The Bertz CT molecular complexity index is 775. The number of hydrogen-bond donors (Lipinski definition) is 1. The van der Waals surface area contributed by atoms with Gasteiger partial charge in [0.1, 0.15) is 12.4 Å². The summed E-state index contributed by atoms with van der Waals surface area (Å²) >= 11 is 0. The Morgan fingerprint density at radius 1 is 0.933 bits per heavy atom. The molecule has 0 bridgehead atoms. The quantitative estimate of drug-likeness (QED) is 0.397. The summed E-state index contributed by atoms with van der Waals surface area (Å²) in [4.78, 5) is 26.5. The number of carbonyl (C=O) groups excluding carboxylic acids is 2. The zero-order chi connectivity index (χ0) is 21.1. The summed E-state index contributed by atoms with van der Waals surface area (Å²) in [5.74, 6) is 0.471. The Balaban J connectivity index is 0.00000450. The van der Waals surface area contributed by atoms with E-state index in [2.05, 4.69) is 24.1 Å². The fourth-order valence-electron chi connectivity index (χ4n) is 2.86. The monoisotopic (exact) mass is 434 g/mol. The number of esters is 1. The molecule has 7 heteroatoms. The van der Waals surface area contributed by atoms with Gasteiger partial charge in [0.15, 0.2) is 5.78 Å². The third-order valence-corrected chi connectivity index (χ3v) is 4.75. The summed E-state index contributed by atoms with van der Waals surface area (Å²) in [6, 6.07) is 14.2. The summed E-state index contributed by atoms with van der Waals surface area (Å²) in [6.45, 7) is 7.68. The number of hydrogen-bond acceptors (Lipinski definition) is 6. The maximum atomic E-state index is 12.2. The van der Waals surface area contributed by atoms with E-state index in [1.807, 2.05) is 12.1 Å². The van der Waals surface area contributed by atoms with Crippen molar-refractivity contribution in [2.24, 2.45) is 0 Å². The van der Waals surface area contributed by atoms with Gasteiger partial charge in [0.05, 0.1) is 12.7 Å². The molecule has 164 valence electrons. The first kappa shape index (κ1) is 25.5. The lowest BCUT2D eigenvalue weighted by molar-refractivity contribution is 0.0466. The normalized spacial score (nSPS) is 10.3. The molecule has 6 nitrogen and oxygen atoms in total. The highest BCUT2D eigenvalue weighted by molar-refractivity contribution is 5.96. The molecule has 2 aromatic carbocycles. The first-order chi connectivity index (χ1) is 14.1. The van der Waals surface area contributed by atoms with E-state index >= 15 is 0 Å². The number of anilines is 1. The van der Waals surface area contributed by atoms with Gasteiger partial charge >= 0.3 is 5.97 Å². The predicted molar refractivity (Wildman–Crippen MR) is 122 cm³/mol. The van der Waals surface area contributed by atoms with Gasteiger partial charge in [-0.05, 0) is 61.6 Å². The van der Waals surface area contributed by atoms with Gasteiger partial charge in [-0.2, -0.15) is 0 Å². The molecule has 0 saturated carbocycles. The van der Waals surface area contributed by atoms with Crippen molar-refractivity contribution >= 4 is 29.8 Å². The molecule has 0 saturated heterocycles. The van der Waals surface area contributed by atoms with Crippen molar-refractivity contribution in [1.82, 2.24) is 4.90 Å². The van der Waals surface area contributed by atoms with Crippen LogP contribution in [0.3, 0.4) is 0 Å². The molecule has 0 radical (unpaired) electrons. The number of nitrogens with zero attached hydrogens (tertiary/aromatic N) is 1. The van der Waals surface area contributed by atoms with E-state index in [1.54, 1.807) is 43.5 Å². The minimum atomic E-state index is -0.321. The second-order valence-corrected chi connectivity index (χ2v) is 6.57. The van der Waals surface area contributed by atoms with Crippen LogP contribution < -0.4 is 10.1 Å². The van der Waals surface area contributed by atoms with Crippen molar-refractivity contribution in [3.8, 4) is 5.75 Å². The summed E-state index contributed by atoms with van der Waals surface area (Å²) in [7, 11) is 1.60. The number of nitrogens with one attached hydrogen (secondary N) is 1. The molecular formula is C23H31ClN2O4.